The third kappa shape index (κ3) is 5.11. The number of aliphatic carboxylic acids is 1. The van der Waals surface area contributed by atoms with Crippen LogP contribution in [0.2, 0.25) is 0 Å². The van der Waals surface area contributed by atoms with Crippen molar-refractivity contribution in [2.75, 3.05) is 19.8 Å². The van der Waals surface area contributed by atoms with Crippen molar-refractivity contribution in [1.29, 1.82) is 0 Å². The number of carboxylic acid groups (broad SMARTS) is 1. The molecular formula is C9H13N3O4. The number of carbonyl (C=O) groups excluding carboxylic acids is 1. The molecule has 0 unspecified atom stereocenters. The van der Waals surface area contributed by atoms with E-state index in [2.05, 4.69) is 20.0 Å². The summed E-state index contributed by atoms with van der Waals surface area (Å²) in [5.41, 5.74) is 0. The predicted octanol–water partition coefficient (Wildman–Crippen LogP) is -0.830. The van der Waals surface area contributed by atoms with Crippen LogP contribution in [0, 0.1) is 0 Å². The minimum absolute atomic E-state index is 0.246. The van der Waals surface area contributed by atoms with Crippen LogP contribution in [0.3, 0.4) is 0 Å². The number of nitrogens with zero attached hydrogens (tertiary/aromatic N) is 1. The van der Waals surface area contributed by atoms with Gasteiger partial charge >= 0.3 is 5.97 Å². The molecule has 0 aliphatic rings. The molecule has 16 heavy (non-hydrogen) atoms. The largest absolute Gasteiger partial charge is 0.480 e. The molecule has 0 bridgehead atoms. The number of hydrogen-bond donors (Lipinski definition) is 3. The third-order valence-corrected chi connectivity index (χ3v) is 1.70. The summed E-state index contributed by atoms with van der Waals surface area (Å²) in [7, 11) is 0. The fraction of sp³-hybridized carbons (Fsp3) is 0.444. The molecule has 0 aliphatic carbocycles. The van der Waals surface area contributed by atoms with E-state index in [-0.39, 0.29) is 12.5 Å². The minimum Gasteiger partial charge on any atom is -0.480 e. The lowest BCUT2D eigenvalue weighted by atomic mass is 10.4. The molecule has 0 aliphatic heterocycles. The summed E-state index contributed by atoms with van der Waals surface area (Å²) in [4.78, 5) is 28.1. The number of amides is 1. The van der Waals surface area contributed by atoms with Crippen molar-refractivity contribution < 1.29 is 19.4 Å². The van der Waals surface area contributed by atoms with Gasteiger partial charge in [-0.3, -0.25) is 4.79 Å². The first-order valence-electron chi connectivity index (χ1n) is 4.73. The van der Waals surface area contributed by atoms with E-state index in [0.717, 1.165) is 5.82 Å². The summed E-state index contributed by atoms with van der Waals surface area (Å²) >= 11 is 0. The monoisotopic (exact) mass is 227 g/mol. The van der Waals surface area contributed by atoms with Crippen molar-refractivity contribution in [3.05, 3.63) is 18.2 Å². The highest BCUT2D eigenvalue weighted by molar-refractivity contribution is 5.77. The van der Waals surface area contributed by atoms with Crippen LogP contribution >= 0.6 is 0 Å². The van der Waals surface area contributed by atoms with E-state index in [1.54, 1.807) is 12.4 Å². The highest BCUT2D eigenvalue weighted by Gasteiger charge is 2.03. The van der Waals surface area contributed by atoms with E-state index in [4.69, 9.17) is 5.11 Å². The van der Waals surface area contributed by atoms with Gasteiger partial charge in [0, 0.05) is 25.4 Å². The lowest BCUT2D eigenvalue weighted by molar-refractivity contribution is -0.143. The number of aromatic amines is 1. The number of imidazole rings is 1. The summed E-state index contributed by atoms with van der Waals surface area (Å²) in [6, 6.07) is 0. The molecule has 3 N–H and O–H groups in total. The summed E-state index contributed by atoms with van der Waals surface area (Å²) < 4.78 is 4.61. The molecule has 1 heterocycles. The number of carboxylic acids is 1. The maximum absolute atomic E-state index is 11.1. The van der Waals surface area contributed by atoms with Crippen LogP contribution in [-0.4, -0.2) is 46.7 Å². The van der Waals surface area contributed by atoms with Crippen LogP contribution in [-0.2, 0) is 20.7 Å². The van der Waals surface area contributed by atoms with Crippen molar-refractivity contribution in [3.63, 3.8) is 0 Å². The Morgan fingerprint density at radius 3 is 2.94 bits per heavy atom. The fourth-order valence-corrected chi connectivity index (χ4v) is 1.04. The van der Waals surface area contributed by atoms with Crippen LogP contribution in [0.5, 0.6) is 0 Å². The van der Waals surface area contributed by atoms with Crippen molar-refractivity contribution >= 4 is 11.9 Å². The molecular weight excluding hydrogens is 214 g/mol. The fourth-order valence-electron chi connectivity index (χ4n) is 1.04. The van der Waals surface area contributed by atoms with Gasteiger partial charge in [0.2, 0.25) is 5.91 Å². The summed E-state index contributed by atoms with van der Waals surface area (Å²) in [6.07, 6.45) is 3.93. The van der Waals surface area contributed by atoms with Gasteiger partial charge in [-0.2, -0.15) is 0 Å². The molecule has 0 spiro atoms. The smallest absolute Gasteiger partial charge is 0.329 e. The quantitative estimate of drug-likeness (QED) is 0.564. The molecule has 0 aromatic carbocycles. The molecule has 1 aromatic heterocycles. The molecule has 1 amide bonds. The van der Waals surface area contributed by atoms with Gasteiger partial charge in [-0.25, -0.2) is 9.78 Å². The third-order valence-electron chi connectivity index (χ3n) is 1.70. The van der Waals surface area contributed by atoms with Crippen molar-refractivity contribution in [1.82, 2.24) is 15.3 Å². The molecule has 88 valence electrons. The van der Waals surface area contributed by atoms with Crippen LogP contribution < -0.4 is 5.32 Å². The van der Waals surface area contributed by atoms with Gasteiger partial charge < -0.3 is 20.1 Å². The highest BCUT2D eigenvalue weighted by atomic mass is 16.5. The van der Waals surface area contributed by atoms with Crippen LogP contribution in [0.15, 0.2) is 12.4 Å². The van der Waals surface area contributed by atoms with Crippen molar-refractivity contribution in [2.24, 2.45) is 0 Å². The normalized spacial score (nSPS) is 10.0. The van der Waals surface area contributed by atoms with Gasteiger partial charge in [0.15, 0.2) is 0 Å². The Balaban J connectivity index is 2.04. The van der Waals surface area contributed by atoms with Gasteiger partial charge in [0.1, 0.15) is 19.0 Å². The number of rotatable bonds is 7. The maximum atomic E-state index is 11.1. The zero-order valence-corrected chi connectivity index (χ0v) is 8.60. The van der Waals surface area contributed by atoms with Crippen molar-refractivity contribution in [3.8, 4) is 0 Å². The Morgan fingerprint density at radius 2 is 2.31 bits per heavy atom. The molecule has 0 saturated carbocycles. The highest BCUT2D eigenvalue weighted by Crippen LogP contribution is 1.87. The second-order valence-corrected chi connectivity index (χ2v) is 3.02. The Morgan fingerprint density at radius 1 is 1.50 bits per heavy atom. The van der Waals surface area contributed by atoms with E-state index in [1.807, 2.05) is 0 Å². The average molecular weight is 227 g/mol. The molecule has 1 rings (SSSR count). The van der Waals surface area contributed by atoms with Crippen LogP contribution in [0.4, 0.5) is 0 Å². The Labute approximate surface area is 91.8 Å². The molecule has 7 nitrogen and oxygen atoms in total. The zero-order chi connectivity index (χ0) is 11.8. The van der Waals surface area contributed by atoms with E-state index in [1.165, 1.54) is 0 Å². The van der Waals surface area contributed by atoms with E-state index < -0.39 is 12.6 Å². The zero-order valence-electron chi connectivity index (χ0n) is 8.60. The predicted molar refractivity (Wildman–Crippen MR) is 53.8 cm³/mol. The number of hydrogen-bond acceptors (Lipinski definition) is 4. The lowest BCUT2D eigenvalue weighted by Gasteiger charge is -2.03. The summed E-state index contributed by atoms with van der Waals surface area (Å²) in [5, 5.41) is 10.8. The average Bonchev–Trinajstić information content (AvgIpc) is 2.70. The second-order valence-electron chi connectivity index (χ2n) is 3.02. The topological polar surface area (TPSA) is 104 Å². The maximum Gasteiger partial charge on any atom is 0.329 e. The number of H-pyrrole nitrogens is 1. The van der Waals surface area contributed by atoms with E-state index >= 15 is 0 Å². The Bertz CT molecular complexity index is 337. The van der Waals surface area contributed by atoms with Gasteiger partial charge in [-0.15, -0.1) is 0 Å². The van der Waals surface area contributed by atoms with Gasteiger partial charge in [-0.1, -0.05) is 0 Å². The van der Waals surface area contributed by atoms with Gasteiger partial charge in [0.05, 0.1) is 0 Å². The first-order valence-corrected chi connectivity index (χ1v) is 4.73. The summed E-state index contributed by atoms with van der Waals surface area (Å²) in [5.74, 6) is -0.650. The lowest BCUT2D eigenvalue weighted by Crippen LogP contribution is -2.30. The Kier molecular flexibility index (Phi) is 5.00. The molecule has 7 heteroatoms. The first kappa shape index (κ1) is 12.2. The standard InChI is InChI=1S/C9H13N3O4/c13-8(5-16-6-9(14)15)12-2-1-7-10-3-4-11-7/h3-4H,1-2,5-6H2,(H,10,11)(H,12,13)(H,14,15). The second kappa shape index (κ2) is 6.57. The van der Waals surface area contributed by atoms with E-state index in [0.29, 0.717) is 13.0 Å². The molecule has 1 aromatic rings. The SMILES string of the molecule is O=C(O)COCC(=O)NCCc1ncc[nH]1. The number of aromatic nitrogens is 2. The number of ether oxygens (including phenoxy) is 1. The van der Waals surface area contributed by atoms with Gasteiger partial charge in [-0.05, 0) is 0 Å². The molecule has 0 radical (unpaired) electrons. The molecule has 0 atom stereocenters. The van der Waals surface area contributed by atoms with E-state index in [9.17, 15) is 9.59 Å². The molecule has 0 fully saturated rings. The number of carbonyl (C=O) groups is 2. The number of nitrogens with one attached hydrogen (secondary N) is 2. The van der Waals surface area contributed by atoms with Crippen molar-refractivity contribution in [2.45, 2.75) is 6.42 Å². The summed E-state index contributed by atoms with van der Waals surface area (Å²) in [6.45, 7) is -0.279. The van der Waals surface area contributed by atoms with Crippen LogP contribution in [0.1, 0.15) is 5.82 Å². The first-order chi connectivity index (χ1) is 7.68. The van der Waals surface area contributed by atoms with Crippen LogP contribution in [0.25, 0.3) is 0 Å². The minimum atomic E-state index is -1.09. The Hall–Kier alpha value is -1.89. The molecule has 0 saturated heterocycles. The van der Waals surface area contributed by atoms with Gasteiger partial charge in [0.25, 0.3) is 0 Å².